The lowest BCUT2D eigenvalue weighted by molar-refractivity contribution is 0.452. The Morgan fingerprint density at radius 1 is 1.15 bits per heavy atom. The van der Waals surface area contributed by atoms with Crippen molar-refractivity contribution < 1.29 is 4.74 Å². The van der Waals surface area contributed by atoms with Gasteiger partial charge in [-0.25, -0.2) is 4.98 Å². The van der Waals surface area contributed by atoms with E-state index in [1.165, 1.54) is 5.56 Å². The lowest BCUT2D eigenvalue weighted by atomic mass is 10.1. The Hall–Kier alpha value is -1.58. The number of nitrogens with one attached hydrogen (secondary N) is 1. The maximum Gasteiger partial charge on any atom is 0.224 e. The Bertz CT molecular complexity index is 626. The molecule has 1 N–H and O–H groups in total. The summed E-state index contributed by atoms with van der Waals surface area (Å²) < 4.78 is 5.95. The van der Waals surface area contributed by atoms with Crippen molar-refractivity contribution in [2.75, 3.05) is 7.05 Å². The zero-order valence-corrected chi connectivity index (χ0v) is 13.0. The van der Waals surface area contributed by atoms with Gasteiger partial charge in [-0.1, -0.05) is 11.6 Å². The zero-order chi connectivity index (χ0) is 14.7. The number of pyridine rings is 1. The molecule has 0 spiro atoms. The molecule has 0 bridgehead atoms. The Labute approximate surface area is 124 Å². The number of ether oxygens (including phenoxy) is 1. The normalized spacial score (nSPS) is 10.7. The summed E-state index contributed by atoms with van der Waals surface area (Å²) in [6.07, 6.45) is 0. The summed E-state index contributed by atoms with van der Waals surface area (Å²) in [6, 6.07) is 7.68. The van der Waals surface area contributed by atoms with Crippen molar-refractivity contribution in [2.24, 2.45) is 0 Å². The molecular weight excluding hydrogens is 272 g/mol. The molecule has 4 heteroatoms. The Morgan fingerprint density at radius 3 is 2.55 bits per heavy atom. The van der Waals surface area contributed by atoms with Crippen LogP contribution in [-0.2, 0) is 6.54 Å². The highest BCUT2D eigenvalue weighted by Crippen LogP contribution is 2.28. The summed E-state index contributed by atoms with van der Waals surface area (Å²) in [5, 5.41) is 3.89. The van der Waals surface area contributed by atoms with Crippen molar-refractivity contribution >= 4 is 11.6 Å². The number of benzene rings is 1. The minimum absolute atomic E-state index is 0.651. The van der Waals surface area contributed by atoms with Crippen LogP contribution < -0.4 is 10.1 Å². The van der Waals surface area contributed by atoms with Crippen LogP contribution in [0.5, 0.6) is 11.6 Å². The number of rotatable bonds is 4. The van der Waals surface area contributed by atoms with Gasteiger partial charge in [0.15, 0.2) is 0 Å². The Kier molecular flexibility index (Phi) is 4.63. The van der Waals surface area contributed by atoms with Gasteiger partial charge in [-0.2, -0.15) is 0 Å². The number of aryl methyl sites for hydroxylation is 3. The molecule has 1 aromatic heterocycles. The molecule has 0 saturated carbocycles. The van der Waals surface area contributed by atoms with Crippen LogP contribution in [0.2, 0.25) is 5.02 Å². The fourth-order valence-electron chi connectivity index (χ4n) is 2.10. The van der Waals surface area contributed by atoms with Crippen LogP contribution in [0.15, 0.2) is 24.3 Å². The third-order valence-electron chi connectivity index (χ3n) is 3.13. The molecule has 1 aromatic carbocycles. The molecule has 2 aromatic rings. The van der Waals surface area contributed by atoms with E-state index in [0.29, 0.717) is 5.88 Å². The van der Waals surface area contributed by atoms with Gasteiger partial charge in [0.25, 0.3) is 0 Å². The highest BCUT2D eigenvalue weighted by atomic mass is 35.5. The highest BCUT2D eigenvalue weighted by molar-refractivity contribution is 6.31. The van der Waals surface area contributed by atoms with E-state index in [9.17, 15) is 0 Å². The SMILES string of the molecule is CNCc1c(C)cc(C)nc1Oc1ccc(Cl)c(C)c1. The van der Waals surface area contributed by atoms with Crippen LogP contribution in [0.25, 0.3) is 0 Å². The van der Waals surface area contributed by atoms with Crippen molar-refractivity contribution in [3.63, 3.8) is 0 Å². The summed E-state index contributed by atoms with van der Waals surface area (Å²) in [6.45, 7) is 6.72. The summed E-state index contributed by atoms with van der Waals surface area (Å²) >= 11 is 6.03. The van der Waals surface area contributed by atoms with Crippen molar-refractivity contribution in [3.05, 3.63) is 51.7 Å². The van der Waals surface area contributed by atoms with E-state index in [1.54, 1.807) is 0 Å². The van der Waals surface area contributed by atoms with Crippen molar-refractivity contribution in [1.29, 1.82) is 0 Å². The van der Waals surface area contributed by atoms with Crippen LogP contribution in [0, 0.1) is 20.8 Å². The largest absolute Gasteiger partial charge is 0.439 e. The predicted molar refractivity (Wildman–Crippen MR) is 82.7 cm³/mol. The number of halogens is 1. The summed E-state index contributed by atoms with van der Waals surface area (Å²) in [5.41, 5.74) is 4.19. The molecule has 0 aliphatic rings. The minimum Gasteiger partial charge on any atom is -0.439 e. The summed E-state index contributed by atoms with van der Waals surface area (Å²) in [5.74, 6) is 1.40. The molecule has 3 nitrogen and oxygen atoms in total. The van der Waals surface area contributed by atoms with Gasteiger partial charge in [0.1, 0.15) is 5.75 Å². The van der Waals surface area contributed by atoms with Crippen LogP contribution in [-0.4, -0.2) is 12.0 Å². The molecule has 0 unspecified atom stereocenters. The van der Waals surface area contributed by atoms with Crippen LogP contribution in [0.1, 0.15) is 22.4 Å². The zero-order valence-electron chi connectivity index (χ0n) is 12.2. The second kappa shape index (κ2) is 6.25. The maximum atomic E-state index is 6.03. The third-order valence-corrected chi connectivity index (χ3v) is 3.56. The smallest absolute Gasteiger partial charge is 0.224 e. The van der Waals surface area contributed by atoms with E-state index < -0.39 is 0 Å². The van der Waals surface area contributed by atoms with E-state index in [4.69, 9.17) is 16.3 Å². The fraction of sp³-hybridized carbons (Fsp3) is 0.312. The van der Waals surface area contributed by atoms with Crippen molar-refractivity contribution in [1.82, 2.24) is 10.3 Å². The van der Waals surface area contributed by atoms with Gasteiger partial charge in [-0.05, 0) is 63.2 Å². The first-order chi connectivity index (χ1) is 9.51. The quantitative estimate of drug-likeness (QED) is 0.917. The van der Waals surface area contributed by atoms with Gasteiger partial charge in [-0.3, -0.25) is 0 Å². The lowest BCUT2D eigenvalue weighted by Crippen LogP contribution is -2.09. The summed E-state index contributed by atoms with van der Waals surface area (Å²) in [4.78, 5) is 4.50. The first-order valence-electron chi connectivity index (χ1n) is 6.57. The standard InChI is InChI=1S/C16H19ClN2O/c1-10-7-12(3)19-16(14(10)9-18-4)20-13-5-6-15(17)11(2)8-13/h5-8,18H,9H2,1-4H3. The third kappa shape index (κ3) is 3.30. The first kappa shape index (κ1) is 14.8. The molecule has 0 amide bonds. The summed E-state index contributed by atoms with van der Waals surface area (Å²) in [7, 11) is 1.91. The topological polar surface area (TPSA) is 34.2 Å². The molecule has 20 heavy (non-hydrogen) atoms. The Balaban J connectivity index is 2.38. The van der Waals surface area contributed by atoms with Gasteiger partial charge < -0.3 is 10.1 Å². The van der Waals surface area contributed by atoms with Gasteiger partial charge in [-0.15, -0.1) is 0 Å². The van der Waals surface area contributed by atoms with Gasteiger partial charge in [0.2, 0.25) is 5.88 Å². The van der Waals surface area contributed by atoms with E-state index in [1.807, 2.05) is 39.1 Å². The molecule has 0 fully saturated rings. The molecular formula is C16H19ClN2O. The molecule has 1 heterocycles. The molecule has 0 saturated heterocycles. The van der Waals surface area contributed by atoms with Gasteiger partial charge in [0.05, 0.1) is 0 Å². The van der Waals surface area contributed by atoms with E-state index in [2.05, 4.69) is 23.3 Å². The van der Waals surface area contributed by atoms with Crippen LogP contribution in [0.3, 0.4) is 0 Å². The lowest BCUT2D eigenvalue weighted by Gasteiger charge is -2.14. The van der Waals surface area contributed by atoms with Gasteiger partial charge >= 0.3 is 0 Å². The van der Waals surface area contributed by atoms with Crippen molar-refractivity contribution in [2.45, 2.75) is 27.3 Å². The van der Waals surface area contributed by atoms with E-state index in [-0.39, 0.29) is 0 Å². The second-order valence-corrected chi connectivity index (χ2v) is 5.31. The average Bonchev–Trinajstić information content (AvgIpc) is 2.38. The predicted octanol–water partition coefficient (Wildman–Crippen LogP) is 4.17. The van der Waals surface area contributed by atoms with Crippen LogP contribution >= 0.6 is 11.6 Å². The molecule has 0 aliphatic carbocycles. The average molecular weight is 291 g/mol. The fourth-order valence-corrected chi connectivity index (χ4v) is 2.22. The molecule has 2 rings (SSSR count). The van der Waals surface area contributed by atoms with Crippen LogP contribution in [0.4, 0.5) is 0 Å². The minimum atomic E-state index is 0.651. The number of hydrogen-bond acceptors (Lipinski definition) is 3. The molecule has 106 valence electrons. The molecule has 0 aliphatic heterocycles. The number of nitrogens with zero attached hydrogens (tertiary/aromatic N) is 1. The molecule has 0 atom stereocenters. The monoisotopic (exact) mass is 290 g/mol. The van der Waals surface area contributed by atoms with E-state index in [0.717, 1.165) is 34.1 Å². The molecule has 0 radical (unpaired) electrons. The second-order valence-electron chi connectivity index (χ2n) is 4.91. The highest BCUT2D eigenvalue weighted by Gasteiger charge is 2.11. The number of aromatic nitrogens is 1. The first-order valence-corrected chi connectivity index (χ1v) is 6.94. The number of hydrogen-bond donors (Lipinski definition) is 1. The van der Waals surface area contributed by atoms with Gasteiger partial charge in [0, 0.05) is 22.8 Å². The van der Waals surface area contributed by atoms with Crippen molar-refractivity contribution in [3.8, 4) is 11.6 Å². The Morgan fingerprint density at radius 2 is 1.90 bits per heavy atom. The van der Waals surface area contributed by atoms with E-state index >= 15 is 0 Å². The maximum absolute atomic E-state index is 6.03.